The Kier molecular flexibility index (Phi) is 3.68. The van der Waals surface area contributed by atoms with Crippen LogP contribution in [0, 0.1) is 5.92 Å². The number of hydrogen-bond acceptors (Lipinski definition) is 5. The van der Waals surface area contributed by atoms with E-state index in [0.29, 0.717) is 17.5 Å². The summed E-state index contributed by atoms with van der Waals surface area (Å²) < 4.78 is 8.77. The van der Waals surface area contributed by atoms with E-state index in [1.54, 1.807) is 18.2 Å². The summed E-state index contributed by atoms with van der Waals surface area (Å²) >= 11 is 1.18. The first kappa shape index (κ1) is 11.3. The van der Waals surface area contributed by atoms with Gasteiger partial charge in [0.15, 0.2) is 0 Å². The lowest BCUT2D eigenvalue weighted by molar-refractivity contribution is 0.154. The van der Waals surface area contributed by atoms with Crippen molar-refractivity contribution >= 4 is 22.6 Å². The average Bonchev–Trinajstić information content (AvgIpc) is 2.89. The number of likely N-dealkylation sites (tertiary alicyclic amines) is 1. The highest BCUT2D eigenvalue weighted by atomic mass is 32.1. The van der Waals surface area contributed by atoms with Crippen LogP contribution in [0.15, 0.2) is 6.20 Å². The highest BCUT2D eigenvalue weighted by molar-refractivity contribution is 7.10. The normalized spacial score (nSPS) is 20.1. The molecule has 0 bridgehead atoms. The molecule has 0 saturated carbocycles. The smallest absolute Gasteiger partial charge is 0.322 e. The summed E-state index contributed by atoms with van der Waals surface area (Å²) in [6.07, 6.45) is 2.55. The Balaban J connectivity index is 1.83. The van der Waals surface area contributed by atoms with Crippen molar-refractivity contribution in [2.24, 2.45) is 5.92 Å². The quantitative estimate of drug-likeness (QED) is 0.860. The van der Waals surface area contributed by atoms with E-state index in [2.05, 4.69) is 14.9 Å². The van der Waals surface area contributed by atoms with E-state index in [0.717, 1.165) is 19.5 Å². The maximum absolute atomic E-state index is 11.8. The third-order valence-corrected chi connectivity index (χ3v) is 3.15. The van der Waals surface area contributed by atoms with Crippen LogP contribution in [0.2, 0.25) is 0 Å². The zero-order valence-electron chi connectivity index (χ0n) is 9.05. The first-order valence-electron chi connectivity index (χ1n) is 5.12. The summed E-state index contributed by atoms with van der Waals surface area (Å²) in [5, 5.41) is 7.11. The minimum Gasteiger partial charge on any atom is -0.384 e. The van der Waals surface area contributed by atoms with Crippen molar-refractivity contribution in [2.45, 2.75) is 6.42 Å². The molecule has 1 aliphatic heterocycles. The van der Waals surface area contributed by atoms with Gasteiger partial charge in [-0.2, -0.15) is 0 Å². The second kappa shape index (κ2) is 5.22. The van der Waals surface area contributed by atoms with Gasteiger partial charge in [-0.05, 0) is 6.42 Å². The minimum atomic E-state index is -0.0790. The predicted octanol–water partition coefficient (Wildman–Crippen LogP) is 1.04. The fourth-order valence-electron chi connectivity index (χ4n) is 1.80. The zero-order chi connectivity index (χ0) is 11.4. The molecule has 2 heterocycles. The van der Waals surface area contributed by atoms with Gasteiger partial charge in [0.1, 0.15) is 5.00 Å². The number of ether oxygens (including phenoxy) is 1. The van der Waals surface area contributed by atoms with E-state index in [1.165, 1.54) is 11.5 Å². The molecule has 1 unspecified atom stereocenters. The number of anilines is 1. The number of nitrogens with zero attached hydrogens (tertiary/aromatic N) is 3. The SMILES string of the molecule is COCC1CCN(C(=O)Nc2cnns2)C1. The summed E-state index contributed by atoms with van der Waals surface area (Å²) in [5.41, 5.74) is 0. The van der Waals surface area contributed by atoms with Crippen LogP contribution in [-0.2, 0) is 4.74 Å². The second-order valence-corrected chi connectivity index (χ2v) is 4.55. The highest BCUT2D eigenvalue weighted by Gasteiger charge is 2.26. The third kappa shape index (κ3) is 2.67. The van der Waals surface area contributed by atoms with Crippen LogP contribution in [0.1, 0.15) is 6.42 Å². The molecule has 0 aromatic carbocycles. The van der Waals surface area contributed by atoms with E-state index in [-0.39, 0.29) is 6.03 Å². The molecule has 6 nitrogen and oxygen atoms in total. The standard InChI is InChI=1S/C9H14N4O2S/c1-15-6-7-2-3-13(5-7)9(14)11-8-4-10-12-16-8/h4,7H,2-3,5-6H2,1H3,(H,11,14). The van der Waals surface area contributed by atoms with Crippen LogP contribution in [0.5, 0.6) is 0 Å². The molecular formula is C9H14N4O2S. The Bertz CT molecular complexity index is 343. The first-order chi connectivity index (χ1) is 7.79. The lowest BCUT2D eigenvalue weighted by atomic mass is 10.1. The van der Waals surface area contributed by atoms with Crippen LogP contribution >= 0.6 is 11.5 Å². The molecular weight excluding hydrogens is 228 g/mol. The van der Waals surface area contributed by atoms with Crippen molar-refractivity contribution in [1.29, 1.82) is 0 Å². The molecule has 16 heavy (non-hydrogen) atoms. The van der Waals surface area contributed by atoms with Gasteiger partial charge in [-0.15, -0.1) is 5.10 Å². The minimum absolute atomic E-state index is 0.0790. The lowest BCUT2D eigenvalue weighted by Gasteiger charge is -2.16. The Hall–Kier alpha value is -1.21. The maximum atomic E-state index is 11.8. The van der Waals surface area contributed by atoms with Gasteiger partial charge >= 0.3 is 6.03 Å². The summed E-state index contributed by atoms with van der Waals surface area (Å²) in [6, 6.07) is -0.0790. The largest absolute Gasteiger partial charge is 0.384 e. The van der Waals surface area contributed by atoms with E-state index in [9.17, 15) is 4.79 Å². The lowest BCUT2D eigenvalue weighted by Crippen LogP contribution is -2.33. The summed E-state index contributed by atoms with van der Waals surface area (Å²) in [7, 11) is 1.69. The molecule has 1 aromatic heterocycles. The topological polar surface area (TPSA) is 67.3 Å². The number of hydrogen-bond donors (Lipinski definition) is 1. The number of nitrogens with one attached hydrogen (secondary N) is 1. The van der Waals surface area contributed by atoms with Crippen LogP contribution in [-0.4, -0.2) is 47.3 Å². The zero-order valence-corrected chi connectivity index (χ0v) is 9.87. The molecule has 1 aromatic rings. The Morgan fingerprint density at radius 1 is 1.81 bits per heavy atom. The van der Waals surface area contributed by atoms with Gasteiger partial charge in [-0.1, -0.05) is 4.49 Å². The van der Waals surface area contributed by atoms with Gasteiger partial charge in [0.25, 0.3) is 0 Å². The fourth-order valence-corrected chi connectivity index (χ4v) is 2.21. The van der Waals surface area contributed by atoms with Gasteiger partial charge in [-0.3, -0.25) is 5.32 Å². The summed E-state index contributed by atoms with van der Waals surface area (Å²) in [4.78, 5) is 13.6. The number of urea groups is 1. The number of carbonyl (C=O) groups is 1. The van der Waals surface area contributed by atoms with Gasteiger partial charge in [0.05, 0.1) is 12.8 Å². The predicted molar refractivity (Wildman–Crippen MR) is 60.5 cm³/mol. The molecule has 2 rings (SSSR count). The molecule has 0 aliphatic carbocycles. The molecule has 88 valence electrons. The van der Waals surface area contributed by atoms with Gasteiger partial charge in [-0.25, -0.2) is 4.79 Å². The monoisotopic (exact) mass is 242 g/mol. The van der Waals surface area contributed by atoms with E-state index >= 15 is 0 Å². The van der Waals surface area contributed by atoms with Crippen LogP contribution in [0.3, 0.4) is 0 Å². The summed E-state index contributed by atoms with van der Waals surface area (Å²) in [5.74, 6) is 0.454. The maximum Gasteiger partial charge on any atom is 0.322 e. The van der Waals surface area contributed by atoms with Crippen molar-refractivity contribution in [3.05, 3.63) is 6.20 Å². The number of amides is 2. The molecule has 2 amide bonds. The molecule has 1 aliphatic rings. The van der Waals surface area contributed by atoms with Crippen molar-refractivity contribution in [2.75, 3.05) is 32.1 Å². The van der Waals surface area contributed by atoms with Crippen LogP contribution in [0.25, 0.3) is 0 Å². The molecule has 0 spiro atoms. The van der Waals surface area contributed by atoms with E-state index in [4.69, 9.17) is 4.74 Å². The average molecular weight is 242 g/mol. The highest BCUT2D eigenvalue weighted by Crippen LogP contribution is 2.18. The Morgan fingerprint density at radius 3 is 3.38 bits per heavy atom. The fraction of sp³-hybridized carbons (Fsp3) is 0.667. The van der Waals surface area contributed by atoms with E-state index < -0.39 is 0 Å². The van der Waals surface area contributed by atoms with Crippen LogP contribution in [0.4, 0.5) is 9.80 Å². The molecule has 1 N–H and O–H groups in total. The molecule has 1 atom stereocenters. The van der Waals surface area contributed by atoms with Gasteiger partial charge < -0.3 is 9.64 Å². The molecule has 7 heteroatoms. The second-order valence-electron chi connectivity index (χ2n) is 3.77. The number of carbonyl (C=O) groups excluding carboxylic acids is 1. The Labute approximate surface area is 97.8 Å². The Morgan fingerprint density at radius 2 is 2.69 bits per heavy atom. The third-order valence-electron chi connectivity index (χ3n) is 2.57. The van der Waals surface area contributed by atoms with Gasteiger partial charge in [0.2, 0.25) is 0 Å². The molecule has 1 saturated heterocycles. The van der Waals surface area contributed by atoms with E-state index in [1.807, 2.05) is 0 Å². The number of rotatable bonds is 3. The van der Waals surface area contributed by atoms with Crippen molar-refractivity contribution in [1.82, 2.24) is 14.5 Å². The molecule has 1 fully saturated rings. The number of methoxy groups -OCH3 is 1. The molecule has 0 radical (unpaired) electrons. The number of aromatic nitrogens is 2. The van der Waals surface area contributed by atoms with Crippen molar-refractivity contribution in [3.8, 4) is 0 Å². The van der Waals surface area contributed by atoms with Crippen LogP contribution < -0.4 is 5.32 Å². The van der Waals surface area contributed by atoms with Gasteiger partial charge in [0, 0.05) is 37.6 Å². The first-order valence-corrected chi connectivity index (χ1v) is 5.89. The van der Waals surface area contributed by atoms with Crippen molar-refractivity contribution in [3.63, 3.8) is 0 Å². The summed E-state index contributed by atoms with van der Waals surface area (Å²) in [6.45, 7) is 2.25. The van der Waals surface area contributed by atoms with Crippen molar-refractivity contribution < 1.29 is 9.53 Å².